The first-order valence-corrected chi connectivity index (χ1v) is 5.87. The zero-order valence-corrected chi connectivity index (χ0v) is 10.6. The number of nitrogens with zero attached hydrogens (tertiary/aromatic N) is 1. The SMILES string of the molecule is Cc1ccc(C)n1C(C)c1ccc(Cl)cc1. The molecule has 1 atom stereocenters. The Hall–Kier alpha value is -1.21. The van der Waals surface area contributed by atoms with Gasteiger partial charge < -0.3 is 4.57 Å². The summed E-state index contributed by atoms with van der Waals surface area (Å²) in [5, 5.41) is 0.789. The van der Waals surface area contributed by atoms with E-state index in [1.165, 1.54) is 17.0 Å². The third kappa shape index (κ3) is 2.00. The highest BCUT2D eigenvalue weighted by Gasteiger charge is 2.11. The fourth-order valence-electron chi connectivity index (χ4n) is 2.18. The first-order chi connectivity index (χ1) is 7.59. The van der Waals surface area contributed by atoms with Crippen LogP contribution in [0.1, 0.15) is 29.9 Å². The normalized spacial score (nSPS) is 12.8. The van der Waals surface area contributed by atoms with Crippen LogP contribution in [0.25, 0.3) is 0 Å². The van der Waals surface area contributed by atoms with Crippen molar-refractivity contribution >= 4 is 11.6 Å². The van der Waals surface area contributed by atoms with Gasteiger partial charge in [-0.3, -0.25) is 0 Å². The molecule has 2 heteroatoms. The number of benzene rings is 1. The Morgan fingerprint density at radius 3 is 1.94 bits per heavy atom. The number of aromatic nitrogens is 1. The minimum atomic E-state index is 0.354. The standard InChI is InChI=1S/C14H16ClN/c1-10-4-5-11(2)16(10)12(3)13-6-8-14(15)9-7-13/h4-9,12H,1-3H3. The Labute approximate surface area is 102 Å². The van der Waals surface area contributed by atoms with Crippen molar-refractivity contribution in [3.63, 3.8) is 0 Å². The van der Waals surface area contributed by atoms with E-state index < -0.39 is 0 Å². The van der Waals surface area contributed by atoms with E-state index in [4.69, 9.17) is 11.6 Å². The number of halogens is 1. The lowest BCUT2D eigenvalue weighted by atomic mass is 10.1. The van der Waals surface area contributed by atoms with Gasteiger partial charge in [0.05, 0.1) is 6.04 Å². The monoisotopic (exact) mass is 233 g/mol. The zero-order valence-electron chi connectivity index (χ0n) is 9.87. The Morgan fingerprint density at radius 2 is 1.44 bits per heavy atom. The van der Waals surface area contributed by atoms with Crippen molar-refractivity contribution in [2.75, 3.05) is 0 Å². The Balaban J connectivity index is 2.39. The smallest absolute Gasteiger partial charge is 0.0556 e. The fraction of sp³-hybridized carbons (Fsp3) is 0.286. The van der Waals surface area contributed by atoms with Crippen LogP contribution in [-0.2, 0) is 0 Å². The molecule has 1 aromatic heterocycles. The van der Waals surface area contributed by atoms with E-state index in [1.807, 2.05) is 12.1 Å². The Kier molecular flexibility index (Phi) is 3.06. The molecule has 1 heterocycles. The molecule has 2 rings (SSSR count). The van der Waals surface area contributed by atoms with Crippen LogP contribution in [0.2, 0.25) is 5.02 Å². The van der Waals surface area contributed by atoms with E-state index in [-0.39, 0.29) is 0 Å². The molecule has 0 spiro atoms. The van der Waals surface area contributed by atoms with Crippen molar-refractivity contribution in [3.05, 3.63) is 58.4 Å². The summed E-state index contributed by atoms with van der Waals surface area (Å²) in [5.74, 6) is 0. The van der Waals surface area contributed by atoms with E-state index >= 15 is 0 Å². The van der Waals surface area contributed by atoms with Crippen LogP contribution in [0, 0.1) is 13.8 Å². The number of hydrogen-bond donors (Lipinski definition) is 0. The van der Waals surface area contributed by atoms with Crippen molar-refractivity contribution in [3.8, 4) is 0 Å². The maximum absolute atomic E-state index is 5.90. The van der Waals surface area contributed by atoms with Gasteiger partial charge in [-0.15, -0.1) is 0 Å². The van der Waals surface area contributed by atoms with Crippen molar-refractivity contribution in [1.29, 1.82) is 0 Å². The highest BCUT2D eigenvalue weighted by molar-refractivity contribution is 6.30. The molecule has 0 saturated heterocycles. The third-order valence-corrected chi connectivity index (χ3v) is 3.32. The summed E-state index contributed by atoms with van der Waals surface area (Å²) in [5.41, 5.74) is 3.87. The zero-order chi connectivity index (χ0) is 11.7. The summed E-state index contributed by atoms with van der Waals surface area (Å²) in [6, 6.07) is 12.7. The van der Waals surface area contributed by atoms with Gasteiger partial charge >= 0.3 is 0 Å². The van der Waals surface area contributed by atoms with Gasteiger partial charge in [-0.05, 0) is 50.6 Å². The number of hydrogen-bond acceptors (Lipinski definition) is 0. The molecule has 84 valence electrons. The van der Waals surface area contributed by atoms with E-state index in [0.29, 0.717) is 6.04 Å². The second-order valence-corrected chi connectivity index (χ2v) is 4.65. The molecular weight excluding hydrogens is 218 g/mol. The lowest BCUT2D eigenvalue weighted by Gasteiger charge is -2.19. The molecule has 1 aromatic carbocycles. The van der Waals surface area contributed by atoms with Crippen molar-refractivity contribution in [2.45, 2.75) is 26.8 Å². The number of rotatable bonds is 2. The molecule has 0 aliphatic carbocycles. The first-order valence-electron chi connectivity index (χ1n) is 5.49. The predicted molar refractivity (Wildman–Crippen MR) is 69.2 cm³/mol. The van der Waals surface area contributed by atoms with Crippen LogP contribution in [-0.4, -0.2) is 4.57 Å². The lowest BCUT2D eigenvalue weighted by molar-refractivity contribution is 0.610. The molecule has 1 nitrogen and oxygen atoms in total. The summed E-state index contributed by atoms with van der Waals surface area (Å²) < 4.78 is 2.34. The molecule has 0 N–H and O–H groups in total. The first kappa shape index (κ1) is 11.3. The molecule has 16 heavy (non-hydrogen) atoms. The largest absolute Gasteiger partial charge is 0.342 e. The molecule has 0 radical (unpaired) electrons. The van der Waals surface area contributed by atoms with Crippen molar-refractivity contribution in [1.82, 2.24) is 4.57 Å². The maximum Gasteiger partial charge on any atom is 0.0556 e. The van der Waals surface area contributed by atoms with Crippen LogP contribution in [0.3, 0.4) is 0 Å². The van der Waals surface area contributed by atoms with Gasteiger partial charge in [0, 0.05) is 16.4 Å². The van der Waals surface area contributed by atoms with Gasteiger partial charge in [-0.25, -0.2) is 0 Å². The molecule has 1 unspecified atom stereocenters. The minimum Gasteiger partial charge on any atom is -0.342 e. The minimum absolute atomic E-state index is 0.354. The highest BCUT2D eigenvalue weighted by Crippen LogP contribution is 2.23. The average molecular weight is 234 g/mol. The predicted octanol–water partition coefficient (Wildman–Crippen LogP) is 4.37. The summed E-state index contributed by atoms with van der Waals surface area (Å²) in [4.78, 5) is 0. The molecule has 2 aromatic rings. The molecule has 0 fully saturated rings. The van der Waals surface area contributed by atoms with Gasteiger partial charge in [0.15, 0.2) is 0 Å². The van der Waals surface area contributed by atoms with Crippen molar-refractivity contribution < 1.29 is 0 Å². The highest BCUT2D eigenvalue weighted by atomic mass is 35.5. The molecule has 0 aliphatic heterocycles. The van der Waals surface area contributed by atoms with Gasteiger partial charge in [0.2, 0.25) is 0 Å². The van der Waals surface area contributed by atoms with E-state index in [2.05, 4.69) is 49.6 Å². The fourth-order valence-corrected chi connectivity index (χ4v) is 2.31. The van der Waals surface area contributed by atoms with Crippen LogP contribution in [0.5, 0.6) is 0 Å². The van der Waals surface area contributed by atoms with Crippen molar-refractivity contribution in [2.24, 2.45) is 0 Å². The Morgan fingerprint density at radius 1 is 0.938 bits per heavy atom. The second-order valence-electron chi connectivity index (χ2n) is 4.21. The van der Waals surface area contributed by atoms with Crippen LogP contribution >= 0.6 is 11.6 Å². The van der Waals surface area contributed by atoms with E-state index in [9.17, 15) is 0 Å². The topological polar surface area (TPSA) is 4.93 Å². The molecule has 0 amide bonds. The van der Waals surface area contributed by atoms with Gasteiger partial charge in [-0.1, -0.05) is 23.7 Å². The van der Waals surface area contributed by atoms with Crippen LogP contribution in [0.4, 0.5) is 0 Å². The summed E-state index contributed by atoms with van der Waals surface area (Å²) >= 11 is 5.90. The maximum atomic E-state index is 5.90. The van der Waals surface area contributed by atoms with Gasteiger partial charge in [0.25, 0.3) is 0 Å². The summed E-state index contributed by atoms with van der Waals surface area (Å²) in [6.45, 7) is 6.49. The molecule has 0 bridgehead atoms. The summed E-state index contributed by atoms with van der Waals surface area (Å²) in [6.07, 6.45) is 0. The lowest BCUT2D eigenvalue weighted by Crippen LogP contribution is -2.09. The van der Waals surface area contributed by atoms with Crippen LogP contribution in [0.15, 0.2) is 36.4 Å². The van der Waals surface area contributed by atoms with E-state index in [1.54, 1.807) is 0 Å². The quantitative estimate of drug-likeness (QED) is 0.726. The van der Waals surface area contributed by atoms with Crippen LogP contribution < -0.4 is 0 Å². The molecular formula is C14H16ClN. The number of aryl methyl sites for hydroxylation is 2. The van der Waals surface area contributed by atoms with E-state index in [0.717, 1.165) is 5.02 Å². The van der Waals surface area contributed by atoms with Gasteiger partial charge in [-0.2, -0.15) is 0 Å². The Bertz CT molecular complexity index is 462. The second kappa shape index (κ2) is 4.34. The average Bonchev–Trinajstić information content (AvgIpc) is 2.59. The molecule has 0 aliphatic rings. The molecule has 0 saturated carbocycles. The third-order valence-electron chi connectivity index (χ3n) is 3.07. The summed E-state index contributed by atoms with van der Waals surface area (Å²) in [7, 11) is 0. The van der Waals surface area contributed by atoms with Gasteiger partial charge in [0.1, 0.15) is 0 Å².